The first-order valence-corrected chi connectivity index (χ1v) is 5.69. The Labute approximate surface area is 134 Å². The van der Waals surface area contributed by atoms with E-state index in [4.69, 9.17) is 5.11 Å². The quantitative estimate of drug-likeness (QED) is 0.768. The zero-order chi connectivity index (χ0) is 13.1. The second kappa shape index (κ2) is 6.75. The summed E-state index contributed by atoms with van der Waals surface area (Å²) >= 11 is 0. The molecule has 4 heteroatoms. The smallest absolute Gasteiger partial charge is 0.872 e. The van der Waals surface area contributed by atoms with Gasteiger partial charge in [0.05, 0.1) is 5.56 Å². The Morgan fingerprint density at radius 1 is 1.11 bits per heavy atom. The molecule has 0 saturated heterocycles. The molecule has 2 aromatic carbocycles. The van der Waals surface area contributed by atoms with Gasteiger partial charge in [-0.15, -0.1) is 0 Å². The molecule has 0 radical (unpaired) electrons. The molecular formula is C15H13NaO3. The van der Waals surface area contributed by atoms with Gasteiger partial charge in [0.25, 0.3) is 0 Å². The van der Waals surface area contributed by atoms with Gasteiger partial charge in [0, 0.05) is 5.92 Å². The summed E-state index contributed by atoms with van der Waals surface area (Å²) in [7, 11) is 0. The van der Waals surface area contributed by atoms with Crippen LogP contribution in [0.25, 0.3) is 0 Å². The summed E-state index contributed by atoms with van der Waals surface area (Å²) in [6, 6.07) is 14.2. The molecule has 0 amide bonds. The van der Waals surface area contributed by atoms with E-state index in [1.165, 1.54) is 12.1 Å². The molecule has 0 saturated carbocycles. The van der Waals surface area contributed by atoms with Gasteiger partial charge in [-0.2, -0.15) is 0 Å². The van der Waals surface area contributed by atoms with Crippen molar-refractivity contribution in [3.8, 4) is 5.75 Å². The van der Waals surface area contributed by atoms with E-state index in [1.807, 2.05) is 37.3 Å². The Morgan fingerprint density at radius 3 is 2.32 bits per heavy atom. The molecular weight excluding hydrogens is 251 g/mol. The molecule has 0 aliphatic heterocycles. The summed E-state index contributed by atoms with van der Waals surface area (Å²) in [6.45, 7) is 1.99. The minimum absolute atomic E-state index is 0. The molecule has 0 aromatic heterocycles. The van der Waals surface area contributed by atoms with Crippen LogP contribution in [0, 0.1) is 0 Å². The Kier molecular flexibility index (Phi) is 5.60. The first kappa shape index (κ1) is 15.8. The molecule has 92 valence electrons. The third kappa shape index (κ3) is 3.60. The molecule has 3 nitrogen and oxygen atoms in total. The largest absolute Gasteiger partial charge is 1.00 e. The van der Waals surface area contributed by atoms with Gasteiger partial charge in [-0.05, 0) is 17.2 Å². The van der Waals surface area contributed by atoms with Crippen molar-refractivity contribution in [1.82, 2.24) is 0 Å². The Hall–Kier alpha value is -1.29. The van der Waals surface area contributed by atoms with Gasteiger partial charge >= 0.3 is 35.5 Å². The van der Waals surface area contributed by atoms with E-state index in [-0.39, 0.29) is 41.0 Å². The van der Waals surface area contributed by atoms with E-state index < -0.39 is 11.7 Å². The second-order valence-electron chi connectivity index (χ2n) is 4.19. The summed E-state index contributed by atoms with van der Waals surface area (Å²) in [5.41, 5.74) is 1.75. The number of hydrogen-bond acceptors (Lipinski definition) is 2. The van der Waals surface area contributed by atoms with Crippen LogP contribution in [0.2, 0.25) is 0 Å². The number of aromatic carboxylic acids is 1. The van der Waals surface area contributed by atoms with Gasteiger partial charge < -0.3 is 10.2 Å². The first-order valence-electron chi connectivity index (χ1n) is 5.69. The van der Waals surface area contributed by atoms with Gasteiger partial charge in [-0.25, -0.2) is 4.79 Å². The maximum atomic E-state index is 11.4. The Morgan fingerprint density at radius 2 is 1.74 bits per heavy atom. The van der Waals surface area contributed by atoms with E-state index in [1.54, 1.807) is 6.07 Å². The fraction of sp³-hybridized carbons (Fsp3) is 0.133. The van der Waals surface area contributed by atoms with Crippen LogP contribution in [0.3, 0.4) is 0 Å². The van der Waals surface area contributed by atoms with E-state index in [2.05, 4.69) is 0 Å². The maximum absolute atomic E-state index is 11.4. The molecule has 1 unspecified atom stereocenters. The number of rotatable bonds is 3. The Bertz CT molecular complexity index is 567. The zero-order valence-corrected chi connectivity index (χ0v) is 13.0. The fourth-order valence-corrected chi connectivity index (χ4v) is 1.92. The van der Waals surface area contributed by atoms with Crippen LogP contribution in [-0.4, -0.2) is 11.1 Å². The van der Waals surface area contributed by atoms with Crippen LogP contribution in [-0.2, 0) is 0 Å². The number of hydrogen-bond donors (Lipinski definition) is 1. The SMILES string of the molecule is CC(c1ccccc1)c1ccc([O-])c(C(=O)O)c1.[Na+]. The normalized spacial score (nSPS) is 11.4. The minimum Gasteiger partial charge on any atom is -0.872 e. The summed E-state index contributed by atoms with van der Waals surface area (Å²) in [6.07, 6.45) is 0. The number of carbonyl (C=O) groups is 1. The van der Waals surface area contributed by atoms with Crippen LogP contribution in [0.1, 0.15) is 34.3 Å². The molecule has 0 fully saturated rings. The molecule has 1 N–H and O–H groups in total. The molecule has 19 heavy (non-hydrogen) atoms. The van der Waals surface area contributed by atoms with Crippen molar-refractivity contribution in [1.29, 1.82) is 0 Å². The predicted octanol–water partition coefficient (Wildman–Crippen LogP) is -0.386. The summed E-state index contributed by atoms with van der Waals surface area (Å²) in [4.78, 5) is 10.9. The monoisotopic (exact) mass is 264 g/mol. The maximum Gasteiger partial charge on any atom is 1.00 e. The molecule has 2 rings (SSSR count). The van der Waals surface area contributed by atoms with Crippen molar-refractivity contribution in [2.75, 3.05) is 0 Å². The third-order valence-corrected chi connectivity index (χ3v) is 3.03. The third-order valence-electron chi connectivity index (χ3n) is 3.03. The van der Waals surface area contributed by atoms with Crippen molar-refractivity contribution in [2.24, 2.45) is 0 Å². The van der Waals surface area contributed by atoms with Crippen LogP contribution in [0.5, 0.6) is 5.75 Å². The molecule has 0 bridgehead atoms. The second-order valence-corrected chi connectivity index (χ2v) is 4.19. The van der Waals surface area contributed by atoms with E-state index in [0.717, 1.165) is 11.1 Å². The summed E-state index contributed by atoms with van der Waals surface area (Å²) in [5.74, 6) is -1.57. The Balaban J connectivity index is 0.00000180. The summed E-state index contributed by atoms with van der Waals surface area (Å²) in [5, 5.41) is 20.3. The van der Waals surface area contributed by atoms with E-state index in [9.17, 15) is 9.90 Å². The van der Waals surface area contributed by atoms with E-state index >= 15 is 0 Å². The minimum atomic E-state index is -1.18. The first-order chi connectivity index (χ1) is 8.59. The van der Waals surface area contributed by atoms with E-state index in [0.29, 0.717) is 0 Å². The van der Waals surface area contributed by atoms with Crippen molar-refractivity contribution in [2.45, 2.75) is 12.8 Å². The van der Waals surface area contributed by atoms with Crippen molar-refractivity contribution >= 4 is 5.97 Å². The fourth-order valence-electron chi connectivity index (χ4n) is 1.92. The van der Waals surface area contributed by atoms with Crippen molar-refractivity contribution < 1.29 is 44.6 Å². The topological polar surface area (TPSA) is 60.4 Å². The molecule has 0 aliphatic rings. The number of benzene rings is 2. The zero-order valence-electron chi connectivity index (χ0n) is 11.0. The van der Waals surface area contributed by atoms with Crippen LogP contribution >= 0.6 is 0 Å². The number of carboxylic acids is 1. The summed E-state index contributed by atoms with van der Waals surface area (Å²) < 4.78 is 0. The standard InChI is InChI=1S/C15H14O3.Na/c1-10(11-5-3-2-4-6-11)12-7-8-14(16)13(9-12)15(17)18;/h2-10,16H,1H3,(H,17,18);/q;+1/p-1. The van der Waals surface area contributed by atoms with Crippen LogP contribution in [0.15, 0.2) is 48.5 Å². The van der Waals surface area contributed by atoms with Gasteiger partial charge in [0.15, 0.2) is 0 Å². The van der Waals surface area contributed by atoms with Gasteiger partial charge in [-0.3, -0.25) is 0 Å². The van der Waals surface area contributed by atoms with Crippen LogP contribution < -0.4 is 34.7 Å². The van der Waals surface area contributed by atoms with Gasteiger partial charge in [0.1, 0.15) is 0 Å². The molecule has 1 atom stereocenters. The van der Waals surface area contributed by atoms with Gasteiger partial charge in [0.2, 0.25) is 0 Å². The van der Waals surface area contributed by atoms with Crippen molar-refractivity contribution in [3.05, 3.63) is 65.2 Å². The average Bonchev–Trinajstić information content (AvgIpc) is 2.39. The predicted molar refractivity (Wildman–Crippen MR) is 66.8 cm³/mol. The molecule has 0 aliphatic carbocycles. The van der Waals surface area contributed by atoms with Crippen molar-refractivity contribution in [3.63, 3.8) is 0 Å². The molecule has 2 aromatic rings. The number of carboxylic acid groups (broad SMARTS) is 1. The van der Waals surface area contributed by atoms with Gasteiger partial charge in [-0.1, -0.05) is 55.1 Å². The molecule has 0 heterocycles. The average molecular weight is 264 g/mol. The van der Waals surface area contributed by atoms with Crippen LogP contribution in [0.4, 0.5) is 0 Å². The molecule has 0 spiro atoms.